The first-order valence-electron chi connectivity index (χ1n) is 7.76. The van der Waals surface area contributed by atoms with E-state index in [0.717, 1.165) is 38.8 Å². The van der Waals surface area contributed by atoms with Crippen LogP contribution in [0.4, 0.5) is 4.39 Å². The third kappa shape index (κ3) is 2.73. The Morgan fingerprint density at radius 1 is 1.37 bits per heavy atom. The third-order valence-corrected chi connectivity index (χ3v) is 5.11. The lowest BCUT2D eigenvalue weighted by Crippen LogP contribution is -2.20. The summed E-state index contributed by atoms with van der Waals surface area (Å²) in [6, 6.07) is 0. The number of halogens is 1. The van der Waals surface area contributed by atoms with Crippen molar-refractivity contribution in [2.24, 2.45) is 11.3 Å². The van der Waals surface area contributed by atoms with E-state index >= 15 is 0 Å². The molecule has 3 heteroatoms. The molecule has 0 aromatic carbocycles. The number of fused-ring (bicyclic) bond motifs is 1. The Kier molecular flexibility index (Phi) is 3.46. The van der Waals surface area contributed by atoms with Gasteiger partial charge in [-0.2, -0.15) is 0 Å². The van der Waals surface area contributed by atoms with Gasteiger partial charge in [0.25, 0.3) is 0 Å². The van der Waals surface area contributed by atoms with Crippen LogP contribution in [-0.4, -0.2) is 31.0 Å². The van der Waals surface area contributed by atoms with Gasteiger partial charge in [-0.05, 0) is 51.5 Å². The van der Waals surface area contributed by atoms with Crippen molar-refractivity contribution in [1.29, 1.82) is 0 Å². The molecule has 1 saturated heterocycles. The highest BCUT2D eigenvalue weighted by molar-refractivity contribution is 5.34. The van der Waals surface area contributed by atoms with Crippen LogP contribution in [0.5, 0.6) is 0 Å². The van der Waals surface area contributed by atoms with Gasteiger partial charge in [-0.3, -0.25) is 0 Å². The molecule has 0 aromatic heterocycles. The highest BCUT2D eigenvalue weighted by atomic mass is 19.1. The van der Waals surface area contributed by atoms with Gasteiger partial charge in [0.1, 0.15) is 5.67 Å². The average molecular weight is 267 g/mol. The van der Waals surface area contributed by atoms with Gasteiger partial charge in [0.2, 0.25) is 0 Å². The van der Waals surface area contributed by atoms with Crippen LogP contribution in [-0.2, 0) is 4.74 Å². The molecule has 0 bridgehead atoms. The van der Waals surface area contributed by atoms with Crippen LogP contribution in [0.2, 0.25) is 0 Å². The lowest BCUT2D eigenvalue weighted by Gasteiger charge is -2.09. The van der Waals surface area contributed by atoms with Crippen LogP contribution in [0, 0.1) is 11.3 Å². The van der Waals surface area contributed by atoms with Crippen molar-refractivity contribution in [2.45, 2.75) is 63.8 Å². The molecule has 1 aliphatic heterocycles. The SMILES string of the molecule is CC1CC(C)C(/C=C/CCCNCC23CC2(F)C3)O1. The highest BCUT2D eigenvalue weighted by Gasteiger charge is 2.84. The van der Waals surface area contributed by atoms with Crippen molar-refractivity contribution in [2.75, 3.05) is 13.1 Å². The van der Waals surface area contributed by atoms with Crippen molar-refractivity contribution in [3.8, 4) is 0 Å². The molecule has 3 unspecified atom stereocenters. The van der Waals surface area contributed by atoms with Crippen molar-refractivity contribution in [1.82, 2.24) is 5.32 Å². The average Bonchev–Trinajstić information content (AvgIpc) is 3.03. The number of nitrogens with one attached hydrogen (secondary N) is 1. The second-order valence-corrected chi connectivity index (χ2v) is 6.97. The highest BCUT2D eigenvalue weighted by Crippen LogP contribution is 2.80. The van der Waals surface area contributed by atoms with Gasteiger partial charge in [0.05, 0.1) is 12.2 Å². The van der Waals surface area contributed by atoms with Crippen LogP contribution < -0.4 is 5.32 Å². The number of alkyl halides is 1. The van der Waals surface area contributed by atoms with E-state index in [2.05, 4.69) is 31.3 Å². The molecule has 1 N–H and O–H groups in total. The molecule has 0 aromatic rings. The zero-order chi connectivity index (χ0) is 13.5. The van der Waals surface area contributed by atoms with E-state index < -0.39 is 5.67 Å². The van der Waals surface area contributed by atoms with E-state index in [1.807, 2.05) is 0 Å². The summed E-state index contributed by atoms with van der Waals surface area (Å²) in [4.78, 5) is 0. The van der Waals surface area contributed by atoms with Crippen molar-refractivity contribution in [3.05, 3.63) is 12.2 Å². The molecule has 3 atom stereocenters. The molecular weight excluding hydrogens is 241 g/mol. The van der Waals surface area contributed by atoms with E-state index in [1.54, 1.807) is 0 Å². The number of ether oxygens (including phenoxy) is 1. The topological polar surface area (TPSA) is 21.3 Å². The smallest absolute Gasteiger partial charge is 0.119 e. The molecule has 2 nitrogen and oxygen atoms in total. The van der Waals surface area contributed by atoms with E-state index in [4.69, 9.17) is 4.74 Å². The second kappa shape index (κ2) is 4.85. The first kappa shape index (κ1) is 13.6. The zero-order valence-corrected chi connectivity index (χ0v) is 12.1. The summed E-state index contributed by atoms with van der Waals surface area (Å²) in [5, 5.41) is 3.39. The monoisotopic (exact) mass is 267 g/mol. The molecule has 2 saturated carbocycles. The number of hydrogen-bond acceptors (Lipinski definition) is 2. The van der Waals surface area contributed by atoms with Gasteiger partial charge >= 0.3 is 0 Å². The van der Waals surface area contributed by atoms with Gasteiger partial charge < -0.3 is 10.1 Å². The maximum absolute atomic E-state index is 13.3. The lowest BCUT2D eigenvalue weighted by molar-refractivity contribution is 0.0752. The Bertz CT molecular complexity index is 362. The molecule has 108 valence electrons. The van der Waals surface area contributed by atoms with Gasteiger partial charge in [0.15, 0.2) is 0 Å². The molecule has 2 aliphatic carbocycles. The fourth-order valence-electron chi connectivity index (χ4n) is 3.47. The molecule has 0 spiro atoms. The van der Waals surface area contributed by atoms with E-state index in [0.29, 0.717) is 18.1 Å². The van der Waals surface area contributed by atoms with Crippen molar-refractivity contribution < 1.29 is 9.13 Å². The fraction of sp³-hybridized carbons (Fsp3) is 0.875. The predicted molar refractivity (Wildman–Crippen MR) is 74.9 cm³/mol. The Labute approximate surface area is 115 Å². The van der Waals surface area contributed by atoms with Crippen molar-refractivity contribution in [3.63, 3.8) is 0 Å². The minimum atomic E-state index is -0.744. The maximum atomic E-state index is 13.3. The lowest BCUT2D eigenvalue weighted by atomic mass is 10.0. The number of rotatable bonds is 7. The molecule has 3 aliphatic rings. The summed E-state index contributed by atoms with van der Waals surface area (Å²) < 4.78 is 19.2. The Morgan fingerprint density at radius 2 is 2.11 bits per heavy atom. The molecular formula is C16H26FNO. The second-order valence-electron chi connectivity index (χ2n) is 6.97. The summed E-state index contributed by atoms with van der Waals surface area (Å²) in [5.41, 5.74) is -0.668. The molecule has 3 fully saturated rings. The maximum Gasteiger partial charge on any atom is 0.119 e. The van der Waals surface area contributed by atoms with Gasteiger partial charge in [-0.1, -0.05) is 19.1 Å². The normalized spacial score (nSPS) is 47.6. The predicted octanol–water partition coefficient (Wildman–Crippen LogP) is 3.23. The van der Waals surface area contributed by atoms with E-state index in [-0.39, 0.29) is 5.41 Å². The Morgan fingerprint density at radius 3 is 2.68 bits per heavy atom. The minimum absolute atomic E-state index is 0.0755. The summed E-state index contributed by atoms with van der Waals surface area (Å²) in [5.74, 6) is 0.644. The molecule has 19 heavy (non-hydrogen) atoms. The van der Waals surface area contributed by atoms with Gasteiger partial charge in [-0.25, -0.2) is 4.39 Å². The summed E-state index contributed by atoms with van der Waals surface area (Å²) in [6.07, 6.45) is 10.2. The van der Waals surface area contributed by atoms with Crippen LogP contribution in [0.15, 0.2) is 12.2 Å². The largest absolute Gasteiger partial charge is 0.371 e. The number of allylic oxidation sites excluding steroid dienone is 1. The van der Waals surface area contributed by atoms with Crippen molar-refractivity contribution >= 4 is 0 Å². The van der Waals surface area contributed by atoms with Crippen LogP contribution in [0.1, 0.15) is 46.0 Å². The molecule has 0 amide bonds. The Hall–Kier alpha value is -0.410. The number of hydrogen-bond donors (Lipinski definition) is 1. The summed E-state index contributed by atoms with van der Waals surface area (Å²) in [7, 11) is 0. The van der Waals surface area contributed by atoms with E-state index in [9.17, 15) is 4.39 Å². The standard InChI is InChI=1S/C16H26FNO/c1-12-8-13(2)19-14(12)6-4-3-5-7-18-11-15-9-16(15,17)10-15/h4,6,12-14,18H,3,5,7-11H2,1-2H3/b6-4+. The Balaban J connectivity index is 1.23. The summed E-state index contributed by atoms with van der Waals surface area (Å²) in [6.45, 7) is 6.29. The first-order chi connectivity index (χ1) is 9.05. The molecule has 0 radical (unpaired) electrons. The van der Waals surface area contributed by atoms with Crippen LogP contribution in [0.3, 0.4) is 0 Å². The molecule has 1 heterocycles. The zero-order valence-electron chi connectivity index (χ0n) is 12.1. The van der Waals surface area contributed by atoms with Gasteiger partial charge in [-0.15, -0.1) is 0 Å². The van der Waals surface area contributed by atoms with Crippen LogP contribution >= 0.6 is 0 Å². The minimum Gasteiger partial charge on any atom is -0.371 e. The molecule has 3 rings (SSSR count). The summed E-state index contributed by atoms with van der Waals surface area (Å²) >= 11 is 0. The third-order valence-electron chi connectivity index (χ3n) is 5.11. The van der Waals surface area contributed by atoms with Crippen LogP contribution in [0.25, 0.3) is 0 Å². The van der Waals surface area contributed by atoms with E-state index in [1.165, 1.54) is 6.42 Å². The quantitative estimate of drug-likeness (QED) is 0.565. The fourth-order valence-corrected chi connectivity index (χ4v) is 3.47. The number of unbranched alkanes of at least 4 members (excludes halogenated alkanes) is 1. The first-order valence-corrected chi connectivity index (χ1v) is 7.76. The van der Waals surface area contributed by atoms with Gasteiger partial charge in [0, 0.05) is 12.0 Å².